The van der Waals surface area contributed by atoms with E-state index in [9.17, 15) is 24.0 Å². The zero-order valence-corrected chi connectivity index (χ0v) is 18.0. The van der Waals surface area contributed by atoms with Crippen molar-refractivity contribution < 1.29 is 92.2 Å². The van der Waals surface area contributed by atoms with Gasteiger partial charge in [-0.05, 0) is 19.3 Å². The molecule has 0 saturated heterocycles. The van der Waals surface area contributed by atoms with Crippen LogP contribution in [-0.2, 0) is 18.2 Å². The van der Waals surface area contributed by atoms with Crippen molar-refractivity contribution in [2.45, 2.75) is 30.8 Å². The van der Waals surface area contributed by atoms with Crippen molar-refractivity contribution >= 4 is 15.2 Å². The maximum Gasteiger partial charge on any atom is 1.00 e. The minimum absolute atomic E-state index is 0. The van der Waals surface area contributed by atoms with Crippen molar-refractivity contribution in [2.24, 2.45) is 0 Å². The third-order valence-corrected chi connectivity index (χ3v) is 7.07. The monoisotopic (exact) mass is 344 g/mol. The third kappa shape index (κ3) is 6.52. The van der Waals surface area contributed by atoms with Crippen molar-refractivity contribution in [3.63, 3.8) is 0 Å². The Labute approximate surface area is 163 Å². The average molecular weight is 344 g/mol. The Morgan fingerprint density at radius 1 is 1.15 bits per heavy atom. The van der Waals surface area contributed by atoms with Crippen LogP contribution in [0, 0.1) is 12.3 Å². The fourth-order valence-corrected chi connectivity index (χ4v) is 4.44. The van der Waals surface area contributed by atoms with Crippen LogP contribution in [0.1, 0.15) is 25.7 Å². The first-order chi connectivity index (χ1) is 8.18. The first-order valence-electron chi connectivity index (χ1n) is 5.08. The maximum atomic E-state index is 11.6. The van der Waals surface area contributed by atoms with E-state index in [1.54, 1.807) is 0 Å². The molecule has 0 aromatic carbocycles. The first-order valence-corrected chi connectivity index (χ1v) is 8.16. The SMILES string of the molecule is C#CCCCCC(O)(P(=O)([O-])OC)P(=O)([O-])OC.[Na+].[Na+]. The molecule has 0 amide bonds. The van der Waals surface area contributed by atoms with Crippen LogP contribution < -0.4 is 68.9 Å². The second-order valence-electron chi connectivity index (χ2n) is 3.55. The van der Waals surface area contributed by atoms with Crippen molar-refractivity contribution in [2.75, 3.05) is 14.2 Å². The standard InChI is InChI=1S/C9H18O7P2.2Na/c1-4-5-6-7-8-9(10,17(11,12)15-2)18(13,14)16-3;;/h1,10H,5-8H2,2-3H3,(H,11,12)(H,13,14);;/q;2*+1/p-2. The Bertz CT molecular complexity index is 386. The van der Waals surface area contributed by atoms with Crippen molar-refractivity contribution in [1.29, 1.82) is 0 Å². The molecule has 0 aliphatic heterocycles. The molecule has 106 valence electrons. The summed E-state index contributed by atoms with van der Waals surface area (Å²) in [7, 11) is -8.51. The molecule has 0 rings (SSSR count). The van der Waals surface area contributed by atoms with Crippen LogP contribution in [0.4, 0.5) is 0 Å². The molecule has 0 aliphatic rings. The van der Waals surface area contributed by atoms with Crippen LogP contribution >= 0.6 is 15.2 Å². The molecule has 0 fully saturated rings. The Kier molecular flexibility index (Phi) is 15.2. The summed E-state index contributed by atoms with van der Waals surface area (Å²) in [6.07, 6.45) is 5.28. The number of unbranched alkanes of at least 4 members (excludes halogenated alkanes) is 2. The molecule has 0 saturated carbocycles. The molecule has 0 bridgehead atoms. The zero-order valence-electron chi connectivity index (χ0n) is 12.2. The molecular weight excluding hydrogens is 328 g/mol. The first kappa shape index (κ1) is 26.7. The van der Waals surface area contributed by atoms with E-state index in [-0.39, 0.29) is 65.5 Å². The minimum Gasteiger partial charge on any atom is -0.776 e. The van der Waals surface area contributed by atoms with E-state index >= 15 is 0 Å². The van der Waals surface area contributed by atoms with Crippen LogP contribution in [0.25, 0.3) is 0 Å². The van der Waals surface area contributed by atoms with Gasteiger partial charge in [-0.25, -0.2) is 0 Å². The molecule has 7 nitrogen and oxygen atoms in total. The molecule has 2 unspecified atom stereocenters. The summed E-state index contributed by atoms with van der Waals surface area (Å²) in [6.45, 7) is 0. The van der Waals surface area contributed by atoms with Gasteiger partial charge in [-0.15, -0.1) is 12.3 Å². The van der Waals surface area contributed by atoms with Gasteiger partial charge < -0.3 is 33.1 Å². The van der Waals surface area contributed by atoms with E-state index < -0.39 is 26.7 Å². The van der Waals surface area contributed by atoms with Gasteiger partial charge in [0.05, 0.1) is 0 Å². The third-order valence-electron chi connectivity index (χ3n) is 2.44. The Hall–Kier alpha value is 1.82. The predicted molar refractivity (Wildman–Crippen MR) is 61.5 cm³/mol. The van der Waals surface area contributed by atoms with E-state index in [1.165, 1.54) is 0 Å². The number of hydrogen-bond acceptors (Lipinski definition) is 7. The maximum absolute atomic E-state index is 11.6. The fraction of sp³-hybridized carbons (Fsp3) is 0.778. The summed E-state index contributed by atoms with van der Waals surface area (Å²) in [6, 6.07) is 0. The molecule has 20 heavy (non-hydrogen) atoms. The summed E-state index contributed by atoms with van der Waals surface area (Å²) in [5, 5.41) is 6.84. The normalized spacial score (nSPS) is 19.2. The summed E-state index contributed by atoms with van der Waals surface area (Å²) < 4.78 is 31.3. The minimum atomic E-state index is -5.03. The van der Waals surface area contributed by atoms with Gasteiger partial charge in [-0.2, -0.15) is 0 Å². The second-order valence-corrected chi connectivity index (χ2v) is 8.10. The van der Waals surface area contributed by atoms with Crippen molar-refractivity contribution in [3.8, 4) is 12.3 Å². The molecule has 11 heteroatoms. The van der Waals surface area contributed by atoms with Gasteiger partial charge in [0, 0.05) is 20.6 Å². The number of hydrogen-bond donors (Lipinski definition) is 1. The fourth-order valence-electron chi connectivity index (χ4n) is 1.31. The molecule has 0 spiro atoms. The van der Waals surface area contributed by atoms with E-state index in [1.807, 2.05) is 0 Å². The van der Waals surface area contributed by atoms with Gasteiger partial charge in [-0.1, -0.05) is 0 Å². The molecule has 0 aromatic rings. The van der Waals surface area contributed by atoms with Crippen LogP contribution in [0.3, 0.4) is 0 Å². The average Bonchev–Trinajstić information content (AvgIpc) is 2.33. The zero-order chi connectivity index (χ0) is 14.4. The molecule has 1 N–H and O–H groups in total. The van der Waals surface area contributed by atoms with Gasteiger partial charge in [0.2, 0.25) is 0 Å². The van der Waals surface area contributed by atoms with E-state index in [0.29, 0.717) is 12.8 Å². The molecule has 0 heterocycles. The quantitative estimate of drug-likeness (QED) is 0.202. The van der Waals surface area contributed by atoms with Gasteiger partial charge >= 0.3 is 59.1 Å². The number of aliphatic hydroxyl groups is 1. The van der Waals surface area contributed by atoms with Crippen LogP contribution in [0.15, 0.2) is 0 Å². The van der Waals surface area contributed by atoms with Crippen molar-refractivity contribution in [1.82, 2.24) is 0 Å². The molecule has 0 radical (unpaired) electrons. The second kappa shape index (κ2) is 11.4. The van der Waals surface area contributed by atoms with Gasteiger partial charge in [0.1, 0.15) is 0 Å². The molecule has 0 aromatic heterocycles. The Morgan fingerprint density at radius 3 is 1.85 bits per heavy atom. The van der Waals surface area contributed by atoms with Crippen LogP contribution in [0.5, 0.6) is 0 Å². The Balaban J connectivity index is -0.00000144. The van der Waals surface area contributed by atoms with Gasteiger partial charge in [0.15, 0.2) is 20.3 Å². The topological polar surface area (TPSA) is 119 Å². The van der Waals surface area contributed by atoms with E-state index in [2.05, 4.69) is 15.0 Å². The van der Waals surface area contributed by atoms with E-state index in [4.69, 9.17) is 6.42 Å². The molecule has 0 aliphatic carbocycles. The summed E-state index contributed by atoms with van der Waals surface area (Å²) >= 11 is 0. The number of rotatable bonds is 8. The predicted octanol–water partition coefficient (Wildman–Crippen LogP) is -5.77. The summed E-state index contributed by atoms with van der Waals surface area (Å²) in [4.78, 5) is 23.1. The van der Waals surface area contributed by atoms with Gasteiger partial charge in [0.25, 0.3) is 0 Å². The van der Waals surface area contributed by atoms with Crippen LogP contribution in [-0.4, -0.2) is 24.4 Å². The Morgan fingerprint density at radius 2 is 1.55 bits per heavy atom. The smallest absolute Gasteiger partial charge is 0.776 e. The molecular formula is C9H16Na2O7P2. The van der Waals surface area contributed by atoms with Crippen molar-refractivity contribution in [3.05, 3.63) is 0 Å². The summed E-state index contributed by atoms with van der Waals surface area (Å²) in [5.41, 5.74) is 0. The summed E-state index contributed by atoms with van der Waals surface area (Å²) in [5.74, 6) is 2.32. The van der Waals surface area contributed by atoms with E-state index in [0.717, 1.165) is 14.2 Å². The number of terminal acetylenes is 1. The molecule has 2 atom stereocenters. The largest absolute Gasteiger partial charge is 1.00 e. The van der Waals surface area contributed by atoms with Crippen LogP contribution in [0.2, 0.25) is 0 Å². The van der Waals surface area contributed by atoms with Gasteiger partial charge in [-0.3, -0.25) is 0 Å².